The maximum absolute atomic E-state index is 11.7. The first-order valence-electron chi connectivity index (χ1n) is 7.16. The van der Waals surface area contributed by atoms with E-state index in [2.05, 4.69) is 17.2 Å². The fraction of sp³-hybridized carbons (Fsp3) is 0.438. The number of rotatable bonds is 7. The molecule has 5 heteroatoms. The lowest BCUT2D eigenvalue weighted by molar-refractivity contribution is -0.124. The van der Waals surface area contributed by atoms with Gasteiger partial charge in [-0.3, -0.25) is 4.79 Å². The number of carbonyl (C=O) groups is 1. The molecule has 1 aliphatic rings. The first-order valence-corrected chi connectivity index (χ1v) is 7.16. The Bertz CT molecular complexity index is 502. The average Bonchev–Trinajstić information content (AvgIpc) is 2.52. The van der Waals surface area contributed by atoms with Gasteiger partial charge in [0.25, 0.3) is 0 Å². The van der Waals surface area contributed by atoms with E-state index in [4.69, 9.17) is 9.47 Å². The number of methoxy groups -OCH3 is 1. The minimum atomic E-state index is -0.110. The van der Waals surface area contributed by atoms with Crippen LogP contribution in [0.1, 0.15) is 18.4 Å². The van der Waals surface area contributed by atoms with Crippen LogP contribution in [0.5, 0.6) is 11.5 Å². The van der Waals surface area contributed by atoms with Crippen molar-refractivity contribution in [3.63, 3.8) is 0 Å². The molecule has 1 aliphatic heterocycles. The second-order valence-electron chi connectivity index (χ2n) is 4.95. The van der Waals surface area contributed by atoms with Gasteiger partial charge in [-0.1, -0.05) is 18.7 Å². The third-order valence-electron chi connectivity index (χ3n) is 3.42. The van der Waals surface area contributed by atoms with Gasteiger partial charge in [0, 0.05) is 13.1 Å². The predicted molar refractivity (Wildman–Crippen MR) is 81.6 cm³/mol. The van der Waals surface area contributed by atoms with Crippen LogP contribution in [0.3, 0.4) is 0 Å². The Morgan fingerprint density at radius 3 is 3.05 bits per heavy atom. The highest BCUT2D eigenvalue weighted by atomic mass is 16.5. The zero-order valence-corrected chi connectivity index (χ0v) is 12.4. The molecule has 5 nitrogen and oxygen atoms in total. The lowest BCUT2D eigenvalue weighted by atomic mass is 10.1. The Balaban J connectivity index is 1.96. The standard InChI is InChI=1S/C16H22N2O3/c1-3-9-21-14-7-6-12(10-15(14)20-2)11-18-13-5-4-8-17-16(13)19/h3,6-7,10,13,18H,1,4-5,8-9,11H2,2H3,(H,17,19). The molecule has 114 valence electrons. The van der Waals surface area contributed by atoms with Gasteiger partial charge in [-0.05, 0) is 30.5 Å². The van der Waals surface area contributed by atoms with Crippen LogP contribution in [0.4, 0.5) is 0 Å². The number of nitrogens with one attached hydrogen (secondary N) is 2. The van der Waals surface area contributed by atoms with E-state index >= 15 is 0 Å². The highest BCUT2D eigenvalue weighted by Gasteiger charge is 2.21. The number of carbonyl (C=O) groups excluding carboxylic acids is 1. The van der Waals surface area contributed by atoms with E-state index in [1.165, 1.54) is 0 Å². The number of piperidine rings is 1. The predicted octanol–water partition coefficient (Wildman–Crippen LogP) is 1.63. The van der Waals surface area contributed by atoms with Crippen molar-refractivity contribution in [1.29, 1.82) is 0 Å². The molecule has 0 bridgehead atoms. The van der Waals surface area contributed by atoms with E-state index in [-0.39, 0.29) is 11.9 Å². The van der Waals surface area contributed by atoms with Crippen LogP contribution in [0.25, 0.3) is 0 Å². The molecule has 0 aliphatic carbocycles. The van der Waals surface area contributed by atoms with Crippen molar-refractivity contribution in [1.82, 2.24) is 10.6 Å². The molecular formula is C16H22N2O3. The molecule has 0 saturated carbocycles. The molecule has 1 heterocycles. The molecule has 0 aromatic heterocycles. The molecule has 1 aromatic rings. The summed E-state index contributed by atoms with van der Waals surface area (Å²) in [4.78, 5) is 11.7. The van der Waals surface area contributed by atoms with Crippen LogP contribution in [0.15, 0.2) is 30.9 Å². The minimum Gasteiger partial charge on any atom is -0.493 e. The third-order valence-corrected chi connectivity index (χ3v) is 3.42. The van der Waals surface area contributed by atoms with Gasteiger partial charge in [0.2, 0.25) is 5.91 Å². The average molecular weight is 290 g/mol. The summed E-state index contributed by atoms with van der Waals surface area (Å²) in [5, 5.41) is 6.14. The maximum Gasteiger partial charge on any atom is 0.237 e. The molecule has 21 heavy (non-hydrogen) atoms. The zero-order chi connectivity index (χ0) is 15.1. The van der Waals surface area contributed by atoms with E-state index in [9.17, 15) is 4.79 Å². The Morgan fingerprint density at radius 2 is 2.33 bits per heavy atom. The summed E-state index contributed by atoms with van der Waals surface area (Å²) in [7, 11) is 1.61. The first-order chi connectivity index (χ1) is 10.2. The van der Waals surface area contributed by atoms with Crippen LogP contribution < -0.4 is 20.1 Å². The maximum atomic E-state index is 11.7. The van der Waals surface area contributed by atoms with Gasteiger partial charge >= 0.3 is 0 Å². The van der Waals surface area contributed by atoms with E-state index < -0.39 is 0 Å². The fourth-order valence-electron chi connectivity index (χ4n) is 2.30. The topological polar surface area (TPSA) is 59.6 Å². The van der Waals surface area contributed by atoms with Gasteiger partial charge in [0.05, 0.1) is 13.2 Å². The third kappa shape index (κ3) is 4.23. The van der Waals surface area contributed by atoms with Gasteiger partial charge in [0.15, 0.2) is 11.5 Å². The fourth-order valence-corrected chi connectivity index (χ4v) is 2.30. The van der Waals surface area contributed by atoms with E-state index in [0.717, 1.165) is 24.9 Å². The first kappa shape index (κ1) is 15.4. The Labute approximate surface area is 125 Å². The Kier molecular flexibility index (Phi) is 5.63. The van der Waals surface area contributed by atoms with Crippen molar-refractivity contribution in [2.75, 3.05) is 20.3 Å². The van der Waals surface area contributed by atoms with Crippen molar-refractivity contribution in [3.05, 3.63) is 36.4 Å². The molecule has 2 N–H and O–H groups in total. The van der Waals surface area contributed by atoms with Crippen LogP contribution in [0, 0.1) is 0 Å². The van der Waals surface area contributed by atoms with E-state index in [1.807, 2.05) is 18.2 Å². The smallest absolute Gasteiger partial charge is 0.237 e. The molecule has 1 aromatic carbocycles. The summed E-state index contributed by atoms with van der Waals surface area (Å²) in [6.07, 6.45) is 3.58. The lowest BCUT2D eigenvalue weighted by Gasteiger charge is -2.23. The largest absolute Gasteiger partial charge is 0.493 e. The molecule has 1 saturated heterocycles. The highest BCUT2D eigenvalue weighted by Crippen LogP contribution is 2.28. The summed E-state index contributed by atoms with van der Waals surface area (Å²) in [6.45, 7) is 5.46. The van der Waals surface area contributed by atoms with Crippen LogP contribution in [-0.2, 0) is 11.3 Å². The monoisotopic (exact) mass is 290 g/mol. The van der Waals surface area contributed by atoms with Crippen molar-refractivity contribution < 1.29 is 14.3 Å². The number of hydrogen-bond acceptors (Lipinski definition) is 4. The molecular weight excluding hydrogens is 268 g/mol. The van der Waals surface area contributed by atoms with Crippen molar-refractivity contribution in [2.24, 2.45) is 0 Å². The van der Waals surface area contributed by atoms with E-state index in [1.54, 1.807) is 13.2 Å². The number of ether oxygens (including phenoxy) is 2. The lowest BCUT2D eigenvalue weighted by Crippen LogP contribution is -2.47. The van der Waals surface area contributed by atoms with Gasteiger partial charge in [0.1, 0.15) is 6.61 Å². The summed E-state index contributed by atoms with van der Waals surface area (Å²) in [6, 6.07) is 5.66. The van der Waals surface area contributed by atoms with Gasteiger partial charge < -0.3 is 20.1 Å². The second kappa shape index (κ2) is 7.69. The summed E-state index contributed by atoms with van der Waals surface area (Å²) in [5.41, 5.74) is 1.05. The molecule has 2 rings (SSSR count). The SMILES string of the molecule is C=CCOc1ccc(CNC2CCCNC2=O)cc1OC. The van der Waals surface area contributed by atoms with Gasteiger partial charge in [-0.25, -0.2) is 0 Å². The van der Waals surface area contributed by atoms with Crippen molar-refractivity contribution >= 4 is 5.91 Å². The van der Waals surface area contributed by atoms with Crippen LogP contribution >= 0.6 is 0 Å². The second-order valence-corrected chi connectivity index (χ2v) is 4.95. The molecule has 1 unspecified atom stereocenters. The highest BCUT2D eigenvalue weighted by molar-refractivity contribution is 5.82. The van der Waals surface area contributed by atoms with Crippen molar-refractivity contribution in [2.45, 2.75) is 25.4 Å². The number of hydrogen-bond donors (Lipinski definition) is 2. The van der Waals surface area contributed by atoms with Crippen LogP contribution in [-0.4, -0.2) is 32.2 Å². The molecule has 1 amide bonds. The number of amides is 1. The van der Waals surface area contributed by atoms with Gasteiger partial charge in [-0.2, -0.15) is 0 Å². The molecule has 0 radical (unpaired) electrons. The molecule has 0 spiro atoms. The number of benzene rings is 1. The van der Waals surface area contributed by atoms with Gasteiger partial charge in [-0.15, -0.1) is 0 Å². The van der Waals surface area contributed by atoms with Crippen molar-refractivity contribution in [3.8, 4) is 11.5 Å². The molecule has 1 atom stereocenters. The zero-order valence-electron chi connectivity index (χ0n) is 12.4. The quantitative estimate of drug-likeness (QED) is 0.749. The Hall–Kier alpha value is -2.01. The summed E-state index contributed by atoms with van der Waals surface area (Å²) < 4.78 is 10.8. The molecule has 1 fully saturated rings. The summed E-state index contributed by atoms with van der Waals surface area (Å²) in [5.74, 6) is 1.46. The normalized spacial score (nSPS) is 18.0. The minimum absolute atomic E-state index is 0.0825. The van der Waals surface area contributed by atoms with E-state index in [0.29, 0.717) is 24.7 Å². The summed E-state index contributed by atoms with van der Waals surface area (Å²) >= 11 is 0. The Morgan fingerprint density at radius 1 is 1.48 bits per heavy atom. The van der Waals surface area contributed by atoms with Crippen LogP contribution in [0.2, 0.25) is 0 Å².